The minimum Gasteiger partial charge on any atom is -0.369 e. The highest BCUT2D eigenvalue weighted by atomic mass is 32.1. The van der Waals surface area contributed by atoms with Crippen molar-refractivity contribution in [3.05, 3.63) is 83.0 Å². The van der Waals surface area contributed by atoms with Crippen LogP contribution in [0.1, 0.15) is 24.0 Å². The molecule has 0 bridgehead atoms. The summed E-state index contributed by atoms with van der Waals surface area (Å²) in [6.45, 7) is 0.797. The molecule has 2 heterocycles. The normalized spacial score (nSPS) is 18.3. The lowest BCUT2D eigenvalue weighted by Crippen LogP contribution is -2.42. The molecule has 31 heavy (non-hydrogen) atoms. The second kappa shape index (κ2) is 9.02. The molecule has 1 aromatic heterocycles. The van der Waals surface area contributed by atoms with E-state index in [1.165, 1.54) is 10.9 Å². The first kappa shape index (κ1) is 21.2. The maximum absolute atomic E-state index is 13.8. The van der Waals surface area contributed by atoms with Gasteiger partial charge in [-0.15, -0.1) is 11.3 Å². The number of nitrogens with zero attached hydrogens (tertiary/aromatic N) is 1. The minimum absolute atomic E-state index is 0.0706. The van der Waals surface area contributed by atoms with E-state index in [0.29, 0.717) is 37.9 Å². The fourth-order valence-electron chi connectivity index (χ4n) is 4.29. The average molecular weight is 437 g/mol. The Bertz CT molecular complexity index is 1080. The fraction of sp³-hybridized carbons (Fsp3) is 0.280. The van der Waals surface area contributed by atoms with Crippen molar-refractivity contribution in [3.63, 3.8) is 0 Å². The van der Waals surface area contributed by atoms with E-state index in [4.69, 9.17) is 5.73 Å². The molecule has 1 saturated heterocycles. The average Bonchev–Trinajstić information content (AvgIpc) is 3.44. The molecule has 4 nitrogen and oxygen atoms in total. The zero-order chi connectivity index (χ0) is 21.8. The minimum atomic E-state index is -0.776. The Balaban J connectivity index is 1.44. The second-order valence-electron chi connectivity index (χ2n) is 8.16. The Morgan fingerprint density at radius 2 is 1.94 bits per heavy atom. The summed E-state index contributed by atoms with van der Waals surface area (Å²) in [5.41, 5.74) is 7.74. The van der Waals surface area contributed by atoms with Crippen molar-refractivity contribution in [2.24, 2.45) is 11.1 Å². The molecule has 2 aromatic carbocycles. The molecular weight excluding hydrogens is 411 g/mol. The van der Waals surface area contributed by atoms with Gasteiger partial charge in [0.05, 0.1) is 5.41 Å². The zero-order valence-electron chi connectivity index (χ0n) is 17.2. The maximum atomic E-state index is 13.8. The van der Waals surface area contributed by atoms with Crippen molar-refractivity contribution in [3.8, 4) is 10.4 Å². The number of benzene rings is 2. The SMILES string of the molecule is NC(=O)C1(Cc2cccc(-c3cccs3)c2)CCN(C(=O)CCc2ccccc2F)C1. The molecule has 160 valence electrons. The van der Waals surface area contributed by atoms with Crippen LogP contribution in [0.4, 0.5) is 4.39 Å². The topological polar surface area (TPSA) is 63.4 Å². The standard InChI is InChI=1S/C25H25FN2O2S/c26-21-8-2-1-6-19(21)10-11-23(29)28-13-12-25(17-28,24(27)30)16-18-5-3-7-20(15-18)22-9-4-14-31-22/h1-9,14-15H,10-13,16-17H2,(H2,27,30). The fourth-order valence-corrected chi connectivity index (χ4v) is 5.01. The maximum Gasteiger partial charge on any atom is 0.225 e. The largest absolute Gasteiger partial charge is 0.369 e. The first-order valence-electron chi connectivity index (χ1n) is 10.4. The molecule has 2 amide bonds. The molecule has 3 aromatic rings. The quantitative estimate of drug-likeness (QED) is 0.595. The first-order chi connectivity index (χ1) is 15.0. The summed E-state index contributed by atoms with van der Waals surface area (Å²) in [5.74, 6) is -0.744. The van der Waals surface area contributed by atoms with Crippen LogP contribution in [0, 0.1) is 11.2 Å². The number of likely N-dealkylation sites (tertiary alicyclic amines) is 1. The zero-order valence-corrected chi connectivity index (χ0v) is 18.0. The number of primary amides is 1. The lowest BCUT2D eigenvalue weighted by Gasteiger charge is -2.26. The van der Waals surface area contributed by atoms with Crippen LogP contribution in [-0.2, 0) is 22.4 Å². The van der Waals surface area contributed by atoms with Gasteiger partial charge in [0.1, 0.15) is 5.82 Å². The summed E-state index contributed by atoms with van der Waals surface area (Å²) in [7, 11) is 0. The molecule has 1 aliphatic heterocycles. The number of carbonyl (C=O) groups excluding carboxylic acids is 2. The predicted molar refractivity (Wildman–Crippen MR) is 121 cm³/mol. The summed E-state index contributed by atoms with van der Waals surface area (Å²) in [6.07, 6.45) is 1.59. The number of hydrogen-bond acceptors (Lipinski definition) is 3. The molecule has 0 spiro atoms. The van der Waals surface area contributed by atoms with Crippen molar-refractivity contribution in [1.29, 1.82) is 0 Å². The van der Waals surface area contributed by atoms with Crippen LogP contribution < -0.4 is 5.73 Å². The number of hydrogen-bond donors (Lipinski definition) is 1. The van der Waals surface area contributed by atoms with Gasteiger partial charge in [0.2, 0.25) is 11.8 Å². The van der Waals surface area contributed by atoms with Gasteiger partial charge in [-0.05, 0) is 53.5 Å². The smallest absolute Gasteiger partial charge is 0.225 e. The third-order valence-corrected chi connectivity index (χ3v) is 6.99. The second-order valence-corrected chi connectivity index (χ2v) is 9.10. The van der Waals surface area contributed by atoms with Gasteiger partial charge < -0.3 is 10.6 Å². The number of halogens is 1. The van der Waals surface area contributed by atoms with Crippen LogP contribution in [0.15, 0.2) is 66.0 Å². The van der Waals surface area contributed by atoms with Gasteiger partial charge >= 0.3 is 0 Å². The van der Waals surface area contributed by atoms with Gasteiger partial charge in [-0.3, -0.25) is 9.59 Å². The van der Waals surface area contributed by atoms with Gasteiger partial charge in [-0.1, -0.05) is 48.5 Å². The summed E-state index contributed by atoms with van der Waals surface area (Å²) >= 11 is 1.67. The van der Waals surface area contributed by atoms with Crippen molar-refractivity contribution in [2.45, 2.75) is 25.7 Å². The van der Waals surface area contributed by atoms with Crippen molar-refractivity contribution >= 4 is 23.2 Å². The monoisotopic (exact) mass is 436 g/mol. The van der Waals surface area contributed by atoms with Crippen LogP contribution in [0.3, 0.4) is 0 Å². The number of rotatable bonds is 7. The summed E-state index contributed by atoms with van der Waals surface area (Å²) in [4.78, 5) is 28.1. The lowest BCUT2D eigenvalue weighted by atomic mass is 9.80. The van der Waals surface area contributed by atoms with Crippen LogP contribution in [-0.4, -0.2) is 29.8 Å². The number of thiophene rings is 1. The highest BCUT2D eigenvalue weighted by molar-refractivity contribution is 7.13. The van der Waals surface area contributed by atoms with E-state index in [-0.39, 0.29) is 24.1 Å². The highest BCUT2D eigenvalue weighted by Crippen LogP contribution is 2.36. The molecule has 0 aliphatic carbocycles. The molecule has 1 fully saturated rings. The van der Waals surface area contributed by atoms with Crippen molar-refractivity contribution in [2.75, 3.05) is 13.1 Å². The van der Waals surface area contributed by atoms with Crippen LogP contribution in [0.25, 0.3) is 10.4 Å². The molecule has 1 unspecified atom stereocenters. The molecule has 4 rings (SSSR count). The van der Waals surface area contributed by atoms with E-state index in [1.54, 1.807) is 34.4 Å². The Kier molecular flexibility index (Phi) is 6.18. The molecular formula is C25H25FN2O2S. The van der Waals surface area contributed by atoms with Crippen LogP contribution in [0.2, 0.25) is 0 Å². The van der Waals surface area contributed by atoms with Gasteiger partial charge in [-0.25, -0.2) is 4.39 Å². The Morgan fingerprint density at radius 1 is 1.10 bits per heavy atom. The predicted octanol–water partition coefficient (Wildman–Crippen LogP) is 4.43. The van der Waals surface area contributed by atoms with Gasteiger partial charge in [0.25, 0.3) is 0 Å². The third-order valence-electron chi connectivity index (χ3n) is 6.07. The van der Waals surface area contributed by atoms with Crippen LogP contribution >= 0.6 is 11.3 Å². The van der Waals surface area contributed by atoms with E-state index in [9.17, 15) is 14.0 Å². The summed E-state index contributed by atoms with van der Waals surface area (Å²) in [6, 6.07) is 18.7. The number of nitrogens with two attached hydrogens (primary N) is 1. The van der Waals surface area contributed by atoms with Gasteiger partial charge in [0.15, 0.2) is 0 Å². The number of amides is 2. The van der Waals surface area contributed by atoms with E-state index in [2.05, 4.69) is 18.2 Å². The van der Waals surface area contributed by atoms with Gasteiger partial charge in [0, 0.05) is 24.4 Å². The van der Waals surface area contributed by atoms with Crippen molar-refractivity contribution in [1.82, 2.24) is 4.90 Å². The lowest BCUT2D eigenvalue weighted by molar-refractivity contribution is -0.132. The Labute approximate surface area is 185 Å². The Morgan fingerprint density at radius 3 is 2.68 bits per heavy atom. The van der Waals surface area contributed by atoms with Crippen molar-refractivity contribution < 1.29 is 14.0 Å². The molecule has 1 atom stereocenters. The van der Waals surface area contributed by atoms with Crippen LogP contribution in [0.5, 0.6) is 0 Å². The van der Waals surface area contributed by atoms with E-state index in [0.717, 1.165) is 11.1 Å². The summed E-state index contributed by atoms with van der Waals surface area (Å²) in [5, 5.41) is 2.04. The third kappa shape index (κ3) is 4.69. The van der Waals surface area contributed by atoms with E-state index in [1.807, 2.05) is 23.6 Å². The number of aryl methyl sites for hydroxylation is 1. The molecule has 0 radical (unpaired) electrons. The number of carbonyl (C=O) groups is 2. The summed E-state index contributed by atoms with van der Waals surface area (Å²) < 4.78 is 13.8. The van der Waals surface area contributed by atoms with E-state index < -0.39 is 5.41 Å². The molecule has 2 N–H and O–H groups in total. The Hall–Kier alpha value is -2.99. The highest BCUT2D eigenvalue weighted by Gasteiger charge is 2.44. The van der Waals surface area contributed by atoms with E-state index >= 15 is 0 Å². The molecule has 6 heteroatoms. The first-order valence-corrected chi connectivity index (χ1v) is 11.3. The molecule has 0 saturated carbocycles. The molecule has 1 aliphatic rings. The van der Waals surface area contributed by atoms with Gasteiger partial charge in [-0.2, -0.15) is 0 Å².